The zero-order chi connectivity index (χ0) is 12.8. The number of halogens is 1. The molecule has 1 fully saturated rings. The zero-order valence-corrected chi connectivity index (χ0v) is 9.84. The molecule has 1 aromatic carbocycles. The van der Waals surface area contributed by atoms with Crippen molar-refractivity contribution < 1.29 is 18.7 Å². The molecule has 2 rings (SSSR count). The summed E-state index contributed by atoms with van der Waals surface area (Å²) in [6, 6.07) is 9.29. The Labute approximate surface area is 104 Å². The van der Waals surface area contributed by atoms with Gasteiger partial charge in [0, 0.05) is 6.54 Å². The Morgan fingerprint density at radius 3 is 3.00 bits per heavy atom. The van der Waals surface area contributed by atoms with Crippen LogP contribution in [-0.2, 0) is 16.1 Å². The van der Waals surface area contributed by atoms with Crippen LogP contribution in [0, 0.1) is 0 Å². The maximum Gasteiger partial charge on any atom is 0.422 e. The van der Waals surface area contributed by atoms with Gasteiger partial charge in [-0.1, -0.05) is 30.3 Å². The number of hydrazine groups is 1. The molecule has 0 bridgehead atoms. The molecule has 1 heterocycles. The molecule has 1 aromatic rings. The van der Waals surface area contributed by atoms with Crippen molar-refractivity contribution in [3.8, 4) is 0 Å². The molecule has 6 heteroatoms. The van der Waals surface area contributed by atoms with E-state index in [0.717, 1.165) is 5.56 Å². The molecule has 98 valence electrons. The van der Waals surface area contributed by atoms with E-state index in [1.807, 2.05) is 30.3 Å². The fourth-order valence-corrected chi connectivity index (χ4v) is 1.57. The van der Waals surface area contributed by atoms with Gasteiger partial charge >= 0.3 is 6.09 Å². The number of benzene rings is 1. The first-order valence-electron chi connectivity index (χ1n) is 5.71. The minimum Gasteiger partial charge on any atom is -0.444 e. The van der Waals surface area contributed by atoms with Gasteiger partial charge in [0.05, 0.1) is 13.2 Å². The molecule has 1 aliphatic heterocycles. The highest BCUT2D eigenvalue weighted by molar-refractivity contribution is 5.66. The fraction of sp³-hybridized carbons (Fsp3) is 0.417. The van der Waals surface area contributed by atoms with Gasteiger partial charge < -0.3 is 9.47 Å². The van der Waals surface area contributed by atoms with E-state index in [0.29, 0.717) is 13.2 Å². The smallest absolute Gasteiger partial charge is 0.422 e. The SMILES string of the molecule is O=C(NN1CCOCC1F)OCc1ccccc1. The van der Waals surface area contributed by atoms with Crippen LogP contribution in [0.15, 0.2) is 30.3 Å². The first-order valence-corrected chi connectivity index (χ1v) is 5.71. The van der Waals surface area contributed by atoms with E-state index >= 15 is 0 Å². The largest absolute Gasteiger partial charge is 0.444 e. The third kappa shape index (κ3) is 3.68. The summed E-state index contributed by atoms with van der Waals surface area (Å²) >= 11 is 0. The first-order chi connectivity index (χ1) is 8.75. The lowest BCUT2D eigenvalue weighted by atomic mass is 10.2. The van der Waals surface area contributed by atoms with E-state index in [1.165, 1.54) is 5.01 Å². The molecule has 0 saturated carbocycles. The third-order valence-corrected chi connectivity index (χ3v) is 2.52. The molecule has 0 radical (unpaired) electrons. The van der Waals surface area contributed by atoms with Gasteiger partial charge in [0.15, 0.2) is 6.30 Å². The van der Waals surface area contributed by atoms with Crippen molar-refractivity contribution in [2.24, 2.45) is 0 Å². The maximum absolute atomic E-state index is 13.3. The number of ether oxygens (including phenoxy) is 2. The summed E-state index contributed by atoms with van der Waals surface area (Å²) < 4.78 is 23.2. The van der Waals surface area contributed by atoms with Crippen LogP contribution in [-0.4, -0.2) is 37.2 Å². The number of nitrogens with one attached hydrogen (secondary N) is 1. The van der Waals surface area contributed by atoms with E-state index in [-0.39, 0.29) is 13.2 Å². The minimum atomic E-state index is -1.33. The molecule has 18 heavy (non-hydrogen) atoms. The normalized spacial score (nSPS) is 20.4. The highest BCUT2D eigenvalue weighted by Gasteiger charge is 2.24. The van der Waals surface area contributed by atoms with E-state index in [1.54, 1.807) is 0 Å². The number of alkyl halides is 1. The molecule has 0 aliphatic carbocycles. The van der Waals surface area contributed by atoms with Crippen molar-refractivity contribution >= 4 is 6.09 Å². The van der Waals surface area contributed by atoms with Gasteiger partial charge in [-0.2, -0.15) is 5.01 Å². The second-order valence-electron chi connectivity index (χ2n) is 3.88. The minimum absolute atomic E-state index is 0.0427. The van der Waals surface area contributed by atoms with Crippen molar-refractivity contribution in [3.05, 3.63) is 35.9 Å². The quantitative estimate of drug-likeness (QED) is 0.830. The monoisotopic (exact) mass is 254 g/mol. The Hall–Kier alpha value is -1.66. The second-order valence-corrected chi connectivity index (χ2v) is 3.88. The molecular weight excluding hydrogens is 239 g/mol. The molecule has 5 nitrogen and oxygen atoms in total. The number of carbonyl (C=O) groups is 1. The van der Waals surface area contributed by atoms with Gasteiger partial charge in [-0.05, 0) is 5.56 Å². The maximum atomic E-state index is 13.3. The summed E-state index contributed by atoms with van der Waals surface area (Å²) in [5.74, 6) is 0. The van der Waals surface area contributed by atoms with E-state index in [9.17, 15) is 9.18 Å². The molecule has 1 atom stereocenters. The number of morpholine rings is 1. The van der Waals surface area contributed by atoms with Gasteiger partial charge in [0.1, 0.15) is 6.61 Å². The molecule has 0 spiro atoms. The number of rotatable bonds is 3. The number of amides is 1. The Balaban J connectivity index is 1.75. The van der Waals surface area contributed by atoms with Gasteiger partial charge in [0.25, 0.3) is 0 Å². The summed E-state index contributed by atoms with van der Waals surface area (Å²) in [5.41, 5.74) is 3.24. The predicted molar refractivity (Wildman–Crippen MR) is 62.2 cm³/mol. The topological polar surface area (TPSA) is 50.8 Å². The lowest BCUT2D eigenvalue weighted by molar-refractivity contribution is -0.0848. The fourth-order valence-electron chi connectivity index (χ4n) is 1.57. The Bertz CT molecular complexity index is 388. The van der Waals surface area contributed by atoms with E-state index < -0.39 is 12.4 Å². The van der Waals surface area contributed by atoms with Crippen LogP contribution in [0.4, 0.5) is 9.18 Å². The van der Waals surface area contributed by atoms with Gasteiger partial charge in [0.2, 0.25) is 0 Å². The van der Waals surface area contributed by atoms with Crippen LogP contribution in [0.2, 0.25) is 0 Å². The average Bonchev–Trinajstić information content (AvgIpc) is 2.40. The van der Waals surface area contributed by atoms with Crippen molar-refractivity contribution in [1.82, 2.24) is 10.4 Å². The van der Waals surface area contributed by atoms with Crippen molar-refractivity contribution in [2.45, 2.75) is 12.9 Å². The lowest BCUT2D eigenvalue weighted by Gasteiger charge is -2.29. The second kappa shape index (κ2) is 6.32. The van der Waals surface area contributed by atoms with E-state index in [4.69, 9.17) is 9.47 Å². The van der Waals surface area contributed by atoms with Gasteiger partial charge in [-0.25, -0.2) is 9.18 Å². The Morgan fingerprint density at radius 1 is 1.50 bits per heavy atom. The Morgan fingerprint density at radius 2 is 2.28 bits per heavy atom. The average molecular weight is 254 g/mol. The summed E-state index contributed by atoms with van der Waals surface area (Å²) in [6.45, 7) is 0.813. The molecule has 1 amide bonds. The Kier molecular flexibility index (Phi) is 4.49. The first kappa shape index (κ1) is 12.8. The molecule has 1 N–H and O–H groups in total. The summed E-state index contributed by atoms with van der Waals surface area (Å²) in [7, 11) is 0. The standard InChI is InChI=1S/C12H15FN2O3/c13-11-9-17-7-6-15(11)14-12(16)18-8-10-4-2-1-3-5-10/h1-5,11H,6-9H2,(H,14,16). The number of hydrogen-bond donors (Lipinski definition) is 1. The molecular formula is C12H15FN2O3. The summed E-state index contributed by atoms with van der Waals surface area (Å²) in [4.78, 5) is 11.4. The van der Waals surface area contributed by atoms with Crippen LogP contribution < -0.4 is 5.43 Å². The molecule has 1 saturated heterocycles. The summed E-state index contributed by atoms with van der Waals surface area (Å²) in [6.07, 6.45) is -1.99. The van der Waals surface area contributed by atoms with Crippen LogP contribution in [0.3, 0.4) is 0 Å². The highest BCUT2D eigenvalue weighted by Crippen LogP contribution is 2.05. The van der Waals surface area contributed by atoms with Crippen LogP contribution in [0.1, 0.15) is 5.56 Å². The third-order valence-electron chi connectivity index (χ3n) is 2.52. The van der Waals surface area contributed by atoms with Crippen LogP contribution >= 0.6 is 0 Å². The van der Waals surface area contributed by atoms with Crippen molar-refractivity contribution in [2.75, 3.05) is 19.8 Å². The lowest BCUT2D eigenvalue weighted by Crippen LogP contribution is -2.52. The van der Waals surface area contributed by atoms with Gasteiger partial charge in [-0.3, -0.25) is 5.43 Å². The number of hydrogen-bond acceptors (Lipinski definition) is 4. The van der Waals surface area contributed by atoms with Crippen molar-refractivity contribution in [1.29, 1.82) is 0 Å². The zero-order valence-electron chi connectivity index (χ0n) is 9.84. The molecule has 0 aromatic heterocycles. The molecule has 1 unspecified atom stereocenters. The number of carbonyl (C=O) groups excluding carboxylic acids is 1. The number of nitrogens with zero attached hydrogens (tertiary/aromatic N) is 1. The van der Waals surface area contributed by atoms with Crippen LogP contribution in [0.5, 0.6) is 0 Å². The molecule has 1 aliphatic rings. The van der Waals surface area contributed by atoms with Crippen LogP contribution in [0.25, 0.3) is 0 Å². The summed E-state index contributed by atoms with van der Waals surface area (Å²) in [5, 5.41) is 1.18. The predicted octanol–water partition coefficient (Wildman–Crippen LogP) is 1.46. The van der Waals surface area contributed by atoms with E-state index in [2.05, 4.69) is 5.43 Å². The van der Waals surface area contributed by atoms with Gasteiger partial charge in [-0.15, -0.1) is 0 Å². The highest BCUT2D eigenvalue weighted by atomic mass is 19.1. The van der Waals surface area contributed by atoms with Crippen molar-refractivity contribution in [3.63, 3.8) is 0 Å².